The molecule has 1 aliphatic heterocycles. The van der Waals surface area contributed by atoms with Crippen molar-refractivity contribution >= 4 is 42.1 Å². The maximum absolute atomic E-state index is 6.67. The minimum Gasteiger partial charge on any atom is -0.378 e. The van der Waals surface area contributed by atoms with Gasteiger partial charge >= 0.3 is 0 Å². The van der Waals surface area contributed by atoms with Gasteiger partial charge in [-0.1, -0.05) is 41.9 Å². The molecule has 8 heteroatoms. The third kappa shape index (κ3) is 3.92. The SMILES string of the molecule is Cl.Cl.Cn1c(-c2ccc(N3CCOCC3)cc2Cl)nnc1C1(c2ccccc2)CC1. The molecule has 160 valence electrons. The minimum atomic E-state index is -0.0124. The van der Waals surface area contributed by atoms with Gasteiger partial charge in [0.2, 0.25) is 0 Å². The molecule has 1 aliphatic carbocycles. The summed E-state index contributed by atoms with van der Waals surface area (Å²) in [6.07, 6.45) is 2.21. The molecule has 3 aromatic rings. The highest BCUT2D eigenvalue weighted by atomic mass is 35.5. The van der Waals surface area contributed by atoms with Gasteiger partial charge in [0.1, 0.15) is 5.82 Å². The largest absolute Gasteiger partial charge is 0.378 e. The highest BCUT2D eigenvalue weighted by Gasteiger charge is 2.49. The Morgan fingerprint density at radius 1 is 0.967 bits per heavy atom. The molecular formula is C22H25Cl3N4O. The zero-order chi connectivity index (χ0) is 19.1. The van der Waals surface area contributed by atoms with Gasteiger partial charge in [-0.25, -0.2) is 0 Å². The maximum atomic E-state index is 6.67. The van der Waals surface area contributed by atoms with Gasteiger partial charge in [-0.05, 0) is 36.6 Å². The van der Waals surface area contributed by atoms with Crippen LogP contribution in [0.15, 0.2) is 48.5 Å². The summed E-state index contributed by atoms with van der Waals surface area (Å²) >= 11 is 6.67. The maximum Gasteiger partial charge on any atom is 0.165 e. The molecule has 2 fully saturated rings. The van der Waals surface area contributed by atoms with Crippen molar-refractivity contribution in [2.45, 2.75) is 18.3 Å². The van der Waals surface area contributed by atoms with Crippen LogP contribution in [-0.4, -0.2) is 41.1 Å². The standard InChI is InChI=1S/C22H23ClN4O.2ClH/c1-26-20(18-8-7-17(15-19(18)23)27-11-13-28-14-12-27)24-25-21(26)22(9-10-22)16-5-3-2-4-6-16;;/h2-8,15H,9-14H2,1H3;2*1H. The van der Waals surface area contributed by atoms with Crippen LogP contribution in [0.3, 0.4) is 0 Å². The Morgan fingerprint density at radius 3 is 2.30 bits per heavy atom. The molecule has 5 nitrogen and oxygen atoms in total. The smallest absolute Gasteiger partial charge is 0.165 e. The second-order valence-electron chi connectivity index (χ2n) is 7.62. The van der Waals surface area contributed by atoms with Crippen LogP contribution < -0.4 is 4.90 Å². The second-order valence-corrected chi connectivity index (χ2v) is 8.03. The van der Waals surface area contributed by atoms with E-state index in [-0.39, 0.29) is 30.2 Å². The predicted octanol–water partition coefficient (Wildman–Crippen LogP) is 4.90. The molecule has 1 saturated carbocycles. The van der Waals surface area contributed by atoms with Crippen LogP contribution in [0.25, 0.3) is 11.4 Å². The molecular weight excluding hydrogens is 443 g/mol. The van der Waals surface area contributed by atoms with E-state index in [0.717, 1.165) is 62.0 Å². The summed E-state index contributed by atoms with van der Waals surface area (Å²) in [5.41, 5.74) is 3.35. The molecule has 2 aliphatic rings. The van der Waals surface area contributed by atoms with Crippen LogP contribution in [0.1, 0.15) is 24.2 Å². The first-order chi connectivity index (χ1) is 13.7. The monoisotopic (exact) mass is 466 g/mol. The predicted molar refractivity (Wildman–Crippen MR) is 125 cm³/mol. The molecule has 0 unspecified atom stereocenters. The highest BCUT2D eigenvalue weighted by Crippen LogP contribution is 2.53. The molecule has 2 heterocycles. The zero-order valence-corrected chi connectivity index (χ0v) is 19.1. The average molecular weight is 468 g/mol. The normalized spacial score (nSPS) is 17.1. The number of aromatic nitrogens is 3. The number of halogens is 3. The van der Waals surface area contributed by atoms with Gasteiger partial charge in [0.25, 0.3) is 0 Å². The molecule has 1 aromatic heterocycles. The Morgan fingerprint density at radius 2 is 1.67 bits per heavy atom. The van der Waals surface area contributed by atoms with Gasteiger partial charge in [0.05, 0.1) is 23.7 Å². The third-order valence-electron chi connectivity index (χ3n) is 5.95. The summed E-state index contributed by atoms with van der Waals surface area (Å²) < 4.78 is 7.55. The van der Waals surface area contributed by atoms with Gasteiger partial charge in [0.15, 0.2) is 5.82 Å². The van der Waals surface area contributed by atoms with Crippen molar-refractivity contribution in [3.8, 4) is 11.4 Å². The summed E-state index contributed by atoms with van der Waals surface area (Å²) in [5.74, 6) is 1.83. The fourth-order valence-electron chi connectivity index (χ4n) is 4.21. The Hall–Kier alpha value is -1.79. The lowest BCUT2D eigenvalue weighted by atomic mass is 9.95. The van der Waals surface area contributed by atoms with E-state index in [4.69, 9.17) is 16.3 Å². The summed E-state index contributed by atoms with van der Waals surface area (Å²) in [6.45, 7) is 3.30. The quantitative estimate of drug-likeness (QED) is 0.547. The molecule has 30 heavy (non-hydrogen) atoms. The van der Waals surface area contributed by atoms with Crippen LogP contribution >= 0.6 is 36.4 Å². The number of ether oxygens (including phenoxy) is 1. The number of hydrogen-bond donors (Lipinski definition) is 0. The van der Waals surface area contributed by atoms with Crippen LogP contribution in [0, 0.1) is 0 Å². The van der Waals surface area contributed by atoms with Crippen LogP contribution in [0.2, 0.25) is 5.02 Å². The fraction of sp³-hybridized carbons (Fsp3) is 0.364. The molecule has 0 spiro atoms. The fourth-order valence-corrected chi connectivity index (χ4v) is 4.47. The topological polar surface area (TPSA) is 43.2 Å². The first-order valence-electron chi connectivity index (χ1n) is 9.77. The van der Waals surface area contributed by atoms with Crippen molar-refractivity contribution in [3.05, 3.63) is 64.9 Å². The van der Waals surface area contributed by atoms with Gasteiger partial charge < -0.3 is 14.2 Å². The Kier molecular flexibility index (Phi) is 6.98. The van der Waals surface area contributed by atoms with E-state index >= 15 is 0 Å². The Labute approximate surface area is 194 Å². The summed E-state index contributed by atoms with van der Waals surface area (Å²) in [5, 5.41) is 9.80. The second kappa shape index (κ2) is 9.15. The lowest BCUT2D eigenvalue weighted by Crippen LogP contribution is -2.36. The van der Waals surface area contributed by atoms with Crippen LogP contribution in [0.4, 0.5) is 5.69 Å². The first-order valence-corrected chi connectivity index (χ1v) is 10.1. The van der Waals surface area contributed by atoms with E-state index in [2.05, 4.69) is 62.1 Å². The van der Waals surface area contributed by atoms with Crippen molar-refractivity contribution in [3.63, 3.8) is 0 Å². The van der Waals surface area contributed by atoms with E-state index < -0.39 is 0 Å². The highest BCUT2D eigenvalue weighted by molar-refractivity contribution is 6.33. The molecule has 0 atom stereocenters. The lowest BCUT2D eigenvalue weighted by molar-refractivity contribution is 0.122. The van der Waals surface area contributed by atoms with E-state index in [0.29, 0.717) is 5.02 Å². The molecule has 0 N–H and O–H groups in total. The molecule has 0 amide bonds. The van der Waals surface area contributed by atoms with Gasteiger partial charge in [-0.2, -0.15) is 0 Å². The van der Waals surface area contributed by atoms with E-state index in [1.54, 1.807) is 0 Å². The van der Waals surface area contributed by atoms with Crippen molar-refractivity contribution in [2.75, 3.05) is 31.2 Å². The van der Waals surface area contributed by atoms with Crippen molar-refractivity contribution in [2.24, 2.45) is 7.05 Å². The molecule has 1 saturated heterocycles. The molecule has 0 radical (unpaired) electrons. The first kappa shape index (κ1) is 22.9. The van der Waals surface area contributed by atoms with Crippen LogP contribution in [-0.2, 0) is 17.2 Å². The van der Waals surface area contributed by atoms with Crippen molar-refractivity contribution in [1.82, 2.24) is 14.8 Å². The summed E-state index contributed by atoms with van der Waals surface area (Å²) in [4.78, 5) is 2.30. The van der Waals surface area contributed by atoms with E-state index in [9.17, 15) is 0 Å². The molecule has 0 bridgehead atoms. The molecule has 2 aromatic carbocycles. The number of nitrogens with zero attached hydrogens (tertiary/aromatic N) is 4. The van der Waals surface area contributed by atoms with Crippen molar-refractivity contribution in [1.29, 1.82) is 0 Å². The number of anilines is 1. The Balaban J connectivity index is 0.00000128. The van der Waals surface area contributed by atoms with Gasteiger partial charge in [-0.3, -0.25) is 0 Å². The van der Waals surface area contributed by atoms with Crippen LogP contribution in [0.5, 0.6) is 0 Å². The third-order valence-corrected chi connectivity index (χ3v) is 6.26. The van der Waals surface area contributed by atoms with E-state index in [1.807, 2.05) is 13.1 Å². The Bertz CT molecular complexity index is 999. The van der Waals surface area contributed by atoms with Crippen molar-refractivity contribution < 1.29 is 4.74 Å². The number of benzene rings is 2. The number of morpholine rings is 1. The van der Waals surface area contributed by atoms with Gasteiger partial charge in [0, 0.05) is 31.4 Å². The number of hydrogen-bond acceptors (Lipinski definition) is 4. The summed E-state index contributed by atoms with van der Waals surface area (Å²) in [6, 6.07) is 16.8. The lowest BCUT2D eigenvalue weighted by Gasteiger charge is -2.29. The van der Waals surface area contributed by atoms with Gasteiger partial charge in [-0.15, -0.1) is 35.0 Å². The van der Waals surface area contributed by atoms with E-state index in [1.165, 1.54) is 5.56 Å². The average Bonchev–Trinajstić information content (AvgIpc) is 3.46. The molecule has 5 rings (SSSR count). The zero-order valence-electron chi connectivity index (χ0n) is 16.8. The number of rotatable bonds is 4. The minimum absolute atomic E-state index is 0. The summed E-state index contributed by atoms with van der Waals surface area (Å²) in [7, 11) is 2.04.